The summed E-state index contributed by atoms with van der Waals surface area (Å²) in [6, 6.07) is 9.19. The maximum absolute atomic E-state index is 6.08. The summed E-state index contributed by atoms with van der Waals surface area (Å²) in [6.45, 7) is 2.31. The largest absolute Gasteiger partial charge is 0.487 e. The van der Waals surface area contributed by atoms with Crippen molar-refractivity contribution in [3.63, 3.8) is 0 Å². The average Bonchev–Trinajstić information content (AvgIpc) is 2.41. The van der Waals surface area contributed by atoms with E-state index in [0.717, 1.165) is 17.7 Å². The van der Waals surface area contributed by atoms with E-state index in [4.69, 9.17) is 33.7 Å². The Morgan fingerprint density at radius 2 is 2.05 bits per heavy atom. The summed E-state index contributed by atoms with van der Waals surface area (Å²) >= 11 is 12.0. The second kappa shape index (κ2) is 6.93. The van der Waals surface area contributed by atoms with Crippen molar-refractivity contribution in [1.29, 1.82) is 0 Å². The number of benzene rings is 1. The van der Waals surface area contributed by atoms with Crippen LogP contribution >= 0.6 is 23.2 Å². The van der Waals surface area contributed by atoms with Gasteiger partial charge in [-0.15, -0.1) is 0 Å². The first-order chi connectivity index (χ1) is 9.54. The lowest BCUT2D eigenvalue weighted by molar-refractivity contribution is 0.305. The Kier molecular flexibility index (Phi) is 5.24. The van der Waals surface area contributed by atoms with Crippen molar-refractivity contribution in [3.8, 4) is 5.75 Å². The molecule has 0 radical (unpaired) electrons. The van der Waals surface area contributed by atoms with E-state index in [1.165, 1.54) is 0 Å². The zero-order chi connectivity index (χ0) is 14.5. The Morgan fingerprint density at radius 3 is 2.70 bits per heavy atom. The van der Waals surface area contributed by atoms with Crippen molar-refractivity contribution in [2.75, 3.05) is 0 Å². The fourth-order valence-corrected chi connectivity index (χ4v) is 2.13. The highest BCUT2D eigenvalue weighted by Crippen LogP contribution is 2.22. The summed E-state index contributed by atoms with van der Waals surface area (Å²) in [4.78, 5) is 4.31. The highest BCUT2D eigenvalue weighted by atomic mass is 35.5. The maximum Gasteiger partial charge on any atom is 0.138 e. The first-order valence-corrected chi connectivity index (χ1v) is 7.07. The number of hydrogen-bond acceptors (Lipinski definition) is 3. The van der Waals surface area contributed by atoms with Crippen LogP contribution in [-0.2, 0) is 13.0 Å². The first-order valence-electron chi connectivity index (χ1n) is 6.32. The smallest absolute Gasteiger partial charge is 0.138 e. The van der Waals surface area contributed by atoms with Crippen LogP contribution in [-0.4, -0.2) is 11.0 Å². The minimum atomic E-state index is 0.0968. The van der Waals surface area contributed by atoms with Gasteiger partial charge in [0.05, 0.1) is 6.20 Å². The standard InChI is InChI=1S/C15H16Cl2N2O/c1-10(18)6-13-3-4-14(8-19-13)20-9-11-7-12(16)2-5-15(11)17/h2-5,7-8,10H,6,9,18H2,1H3. The summed E-state index contributed by atoms with van der Waals surface area (Å²) in [5.41, 5.74) is 7.53. The van der Waals surface area contributed by atoms with Gasteiger partial charge in [0, 0.05) is 33.8 Å². The van der Waals surface area contributed by atoms with Crippen LogP contribution in [0.15, 0.2) is 36.5 Å². The van der Waals surface area contributed by atoms with Crippen LogP contribution in [0.5, 0.6) is 5.75 Å². The van der Waals surface area contributed by atoms with E-state index in [1.807, 2.05) is 19.1 Å². The molecule has 5 heteroatoms. The summed E-state index contributed by atoms with van der Waals surface area (Å²) in [5, 5.41) is 1.27. The lowest BCUT2D eigenvalue weighted by Crippen LogP contribution is -2.18. The number of nitrogens with two attached hydrogens (primary N) is 1. The lowest BCUT2D eigenvalue weighted by Gasteiger charge is -2.09. The average molecular weight is 311 g/mol. The van der Waals surface area contributed by atoms with E-state index >= 15 is 0 Å². The molecular formula is C15H16Cl2N2O. The predicted molar refractivity (Wildman–Crippen MR) is 82.4 cm³/mol. The second-order valence-electron chi connectivity index (χ2n) is 4.69. The topological polar surface area (TPSA) is 48.1 Å². The van der Waals surface area contributed by atoms with Crippen molar-refractivity contribution < 1.29 is 4.74 Å². The minimum Gasteiger partial charge on any atom is -0.487 e. The molecule has 2 aromatic rings. The molecule has 1 unspecified atom stereocenters. The Balaban J connectivity index is 1.98. The second-order valence-corrected chi connectivity index (χ2v) is 5.53. The summed E-state index contributed by atoms with van der Waals surface area (Å²) in [5.74, 6) is 0.689. The maximum atomic E-state index is 6.08. The molecule has 0 bridgehead atoms. The number of aromatic nitrogens is 1. The van der Waals surface area contributed by atoms with Crippen LogP contribution < -0.4 is 10.5 Å². The van der Waals surface area contributed by atoms with Gasteiger partial charge in [0.2, 0.25) is 0 Å². The van der Waals surface area contributed by atoms with E-state index in [9.17, 15) is 0 Å². The molecule has 0 amide bonds. The molecule has 1 atom stereocenters. The fourth-order valence-electron chi connectivity index (χ4n) is 1.76. The fraction of sp³-hybridized carbons (Fsp3) is 0.267. The van der Waals surface area contributed by atoms with E-state index in [-0.39, 0.29) is 6.04 Å². The highest BCUT2D eigenvalue weighted by molar-refractivity contribution is 6.33. The molecule has 0 aliphatic heterocycles. The van der Waals surface area contributed by atoms with Crippen molar-refractivity contribution in [2.24, 2.45) is 5.73 Å². The van der Waals surface area contributed by atoms with Crippen LogP contribution in [0.25, 0.3) is 0 Å². The molecule has 2 N–H and O–H groups in total. The molecular weight excluding hydrogens is 295 g/mol. The van der Waals surface area contributed by atoms with Crippen LogP contribution in [0, 0.1) is 0 Å². The van der Waals surface area contributed by atoms with E-state index in [1.54, 1.807) is 24.4 Å². The first kappa shape index (κ1) is 15.1. The van der Waals surface area contributed by atoms with Crippen molar-refractivity contribution >= 4 is 23.2 Å². The van der Waals surface area contributed by atoms with Crippen LogP contribution in [0.3, 0.4) is 0 Å². The van der Waals surface area contributed by atoms with Gasteiger partial charge in [0.15, 0.2) is 0 Å². The van der Waals surface area contributed by atoms with Gasteiger partial charge in [-0.3, -0.25) is 4.98 Å². The summed E-state index contributed by atoms with van der Waals surface area (Å²) in [7, 11) is 0. The molecule has 20 heavy (non-hydrogen) atoms. The molecule has 0 aliphatic rings. The number of nitrogens with zero attached hydrogens (tertiary/aromatic N) is 1. The predicted octanol–water partition coefficient (Wildman–Crippen LogP) is 3.86. The van der Waals surface area contributed by atoms with E-state index in [2.05, 4.69) is 4.98 Å². The molecule has 0 fully saturated rings. The minimum absolute atomic E-state index is 0.0968. The van der Waals surface area contributed by atoms with Gasteiger partial charge in [-0.25, -0.2) is 0 Å². The van der Waals surface area contributed by atoms with Crippen LogP contribution in [0.1, 0.15) is 18.2 Å². The van der Waals surface area contributed by atoms with Crippen LogP contribution in [0.4, 0.5) is 0 Å². The molecule has 0 saturated carbocycles. The monoisotopic (exact) mass is 310 g/mol. The normalized spacial score (nSPS) is 12.2. The van der Waals surface area contributed by atoms with Gasteiger partial charge in [0.25, 0.3) is 0 Å². The lowest BCUT2D eigenvalue weighted by atomic mass is 10.2. The van der Waals surface area contributed by atoms with Crippen molar-refractivity contribution in [2.45, 2.75) is 26.0 Å². The van der Waals surface area contributed by atoms with Crippen LogP contribution in [0.2, 0.25) is 10.0 Å². The SMILES string of the molecule is CC(N)Cc1ccc(OCc2cc(Cl)ccc2Cl)cn1. The van der Waals surface area contributed by atoms with Gasteiger partial charge < -0.3 is 10.5 Å². The number of halogens is 2. The zero-order valence-electron chi connectivity index (χ0n) is 11.1. The van der Waals surface area contributed by atoms with Gasteiger partial charge in [-0.1, -0.05) is 23.2 Å². The van der Waals surface area contributed by atoms with E-state index in [0.29, 0.717) is 22.4 Å². The Hall–Kier alpha value is -1.29. The molecule has 0 spiro atoms. The van der Waals surface area contributed by atoms with Crippen molar-refractivity contribution in [1.82, 2.24) is 4.98 Å². The zero-order valence-corrected chi connectivity index (χ0v) is 12.7. The summed E-state index contributed by atoms with van der Waals surface area (Å²) < 4.78 is 5.65. The third-order valence-electron chi connectivity index (χ3n) is 2.73. The molecule has 1 aromatic heterocycles. The number of ether oxygens (including phenoxy) is 1. The summed E-state index contributed by atoms with van der Waals surface area (Å²) in [6.07, 6.45) is 2.44. The molecule has 106 valence electrons. The third-order valence-corrected chi connectivity index (χ3v) is 3.33. The number of hydrogen-bond donors (Lipinski definition) is 1. The third kappa shape index (κ3) is 4.37. The molecule has 3 nitrogen and oxygen atoms in total. The Morgan fingerprint density at radius 1 is 1.25 bits per heavy atom. The number of pyridine rings is 1. The van der Waals surface area contributed by atoms with Gasteiger partial charge in [-0.2, -0.15) is 0 Å². The van der Waals surface area contributed by atoms with E-state index < -0.39 is 0 Å². The molecule has 0 saturated heterocycles. The van der Waals surface area contributed by atoms with Gasteiger partial charge >= 0.3 is 0 Å². The van der Waals surface area contributed by atoms with Crippen molar-refractivity contribution in [3.05, 3.63) is 57.8 Å². The van der Waals surface area contributed by atoms with Gasteiger partial charge in [0.1, 0.15) is 12.4 Å². The highest BCUT2D eigenvalue weighted by Gasteiger charge is 2.04. The number of rotatable bonds is 5. The molecule has 1 aromatic carbocycles. The molecule has 2 rings (SSSR count). The molecule has 0 aliphatic carbocycles. The Labute approximate surface area is 128 Å². The quantitative estimate of drug-likeness (QED) is 0.912. The molecule has 1 heterocycles. The Bertz CT molecular complexity index is 571. The van der Waals surface area contributed by atoms with Gasteiger partial charge in [-0.05, 0) is 37.3 Å².